The van der Waals surface area contributed by atoms with Crippen molar-refractivity contribution in [1.29, 1.82) is 0 Å². The predicted molar refractivity (Wildman–Crippen MR) is 93.0 cm³/mol. The summed E-state index contributed by atoms with van der Waals surface area (Å²) in [6, 6.07) is 6.55. The van der Waals surface area contributed by atoms with Crippen LogP contribution in [0.1, 0.15) is 49.9 Å². The van der Waals surface area contributed by atoms with Gasteiger partial charge in [-0.1, -0.05) is 19.8 Å². The number of unbranched alkanes of at least 4 members (excludes halogenated alkanes) is 2. The van der Waals surface area contributed by atoms with Crippen molar-refractivity contribution in [1.82, 2.24) is 5.32 Å². The minimum absolute atomic E-state index is 0.0662. The van der Waals surface area contributed by atoms with E-state index in [2.05, 4.69) is 17.0 Å². The van der Waals surface area contributed by atoms with Crippen LogP contribution in [0, 0.1) is 0 Å². The molecule has 0 fully saturated rings. The van der Waals surface area contributed by atoms with E-state index < -0.39 is 5.97 Å². The van der Waals surface area contributed by atoms with Gasteiger partial charge >= 0.3 is 5.97 Å². The van der Waals surface area contributed by atoms with Gasteiger partial charge in [0.2, 0.25) is 11.8 Å². The second kappa shape index (κ2) is 10.4. The minimum atomic E-state index is -0.428. The van der Waals surface area contributed by atoms with Crippen LogP contribution in [-0.2, 0) is 14.3 Å². The molecule has 6 nitrogen and oxygen atoms in total. The molecule has 0 saturated carbocycles. The highest BCUT2D eigenvalue weighted by Gasteiger charge is 2.14. The smallest absolute Gasteiger partial charge is 0.337 e. The molecule has 1 aromatic carbocycles. The molecule has 24 heavy (non-hydrogen) atoms. The number of nitrogens with one attached hydrogen (secondary N) is 1. The number of carbonyl (C=O) groups excluding carboxylic acids is 3. The summed E-state index contributed by atoms with van der Waals surface area (Å²) in [5.41, 5.74) is 1.06. The minimum Gasteiger partial charge on any atom is -0.465 e. The van der Waals surface area contributed by atoms with Gasteiger partial charge in [0.25, 0.3) is 0 Å². The number of hydrogen-bond acceptors (Lipinski definition) is 4. The van der Waals surface area contributed by atoms with E-state index in [-0.39, 0.29) is 18.2 Å². The predicted octanol–water partition coefficient (Wildman–Crippen LogP) is 2.52. The number of carbonyl (C=O) groups is 3. The fourth-order valence-electron chi connectivity index (χ4n) is 2.27. The van der Waals surface area contributed by atoms with Gasteiger partial charge < -0.3 is 15.0 Å². The molecular formula is C18H26N2O4. The molecule has 1 aromatic rings. The highest BCUT2D eigenvalue weighted by atomic mass is 16.5. The molecular weight excluding hydrogens is 308 g/mol. The van der Waals surface area contributed by atoms with E-state index in [0.717, 1.165) is 19.3 Å². The van der Waals surface area contributed by atoms with Gasteiger partial charge in [-0.25, -0.2) is 4.79 Å². The molecule has 6 heteroatoms. The monoisotopic (exact) mass is 334 g/mol. The van der Waals surface area contributed by atoms with Crippen molar-refractivity contribution in [3.8, 4) is 0 Å². The maximum absolute atomic E-state index is 11.8. The van der Waals surface area contributed by atoms with E-state index in [4.69, 9.17) is 0 Å². The molecule has 0 aliphatic rings. The van der Waals surface area contributed by atoms with Gasteiger partial charge in [0.05, 0.1) is 12.7 Å². The quantitative estimate of drug-likeness (QED) is 0.556. The lowest BCUT2D eigenvalue weighted by Crippen LogP contribution is -2.34. The third kappa shape index (κ3) is 6.40. The van der Waals surface area contributed by atoms with Crippen LogP contribution in [0.3, 0.4) is 0 Å². The van der Waals surface area contributed by atoms with Crippen LogP contribution in [0.4, 0.5) is 5.69 Å². The standard InChI is InChI=1S/C18H26N2O4/c1-4-5-6-12-19-17(22)11-13-20(14(2)21)16-9-7-15(8-10-16)18(23)24-3/h7-10H,4-6,11-13H2,1-3H3,(H,19,22). The number of ether oxygens (including phenoxy) is 1. The maximum atomic E-state index is 11.8. The molecule has 0 radical (unpaired) electrons. The molecule has 2 amide bonds. The molecule has 0 heterocycles. The Morgan fingerprint density at radius 2 is 1.79 bits per heavy atom. The summed E-state index contributed by atoms with van der Waals surface area (Å²) in [5.74, 6) is -0.648. The van der Waals surface area contributed by atoms with E-state index in [1.165, 1.54) is 18.9 Å². The Balaban J connectivity index is 2.59. The van der Waals surface area contributed by atoms with Crippen LogP contribution in [-0.4, -0.2) is 38.0 Å². The summed E-state index contributed by atoms with van der Waals surface area (Å²) in [4.78, 5) is 36.6. The number of nitrogens with zero attached hydrogens (tertiary/aromatic N) is 1. The number of anilines is 1. The van der Waals surface area contributed by atoms with Crippen LogP contribution < -0.4 is 10.2 Å². The normalized spacial score (nSPS) is 10.1. The first-order valence-corrected chi connectivity index (χ1v) is 8.22. The van der Waals surface area contributed by atoms with E-state index in [1.807, 2.05) is 0 Å². The van der Waals surface area contributed by atoms with Crippen LogP contribution in [0.25, 0.3) is 0 Å². The summed E-state index contributed by atoms with van der Waals surface area (Å²) in [5, 5.41) is 2.86. The van der Waals surface area contributed by atoms with Gasteiger partial charge in [-0.2, -0.15) is 0 Å². The van der Waals surface area contributed by atoms with Crippen LogP contribution in [0.2, 0.25) is 0 Å². The average Bonchev–Trinajstić information content (AvgIpc) is 2.58. The van der Waals surface area contributed by atoms with Crippen molar-refractivity contribution in [3.63, 3.8) is 0 Å². The van der Waals surface area contributed by atoms with Gasteiger partial charge in [0.15, 0.2) is 0 Å². The maximum Gasteiger partial charge on any atom is 0.337 e. The van der Waals surface area contributed by atoms with Gasteiger partial charge in [-0.3, -0.25) is 9.59 Å². The van der Waals surface area contributed by atoms with Crippen molar-refractivity contribution < 1.29 is 19.1 Å². The van der Waals surface area contributed by atoms with Gasteiger partial charge in [0.1, 0.15) is 0 Å². The van der Waals surface area contributed by atoms with Gasteiger partial charge in [0, 0.05) is 32.1 Å². The van der Waals surface area contributed by atoms with Crippen molar-refractivity contribution in [2.24, 2.45) is 0 Å². The lowest BCUT2D eigenvalue weighted by molar-refractivity contribution is -0.121. The summed E-state index contributed by atoms with van der Waals surface area (Å²) < 4.78 is 4.65. The fourth-order valence-corrected chi connectivity index (χ4v) is 2.27. The highest BCUT2D eigenvalue weighted by molar-refractivity contribution is 5.94. The summed E-state index contributed by atoms with van der Waals surface area (Å²) in [6.45, 7) is 4.53. The molecule has 1 rings (SSSR count). The SMILES string of the molecule is CCCCCNC(=O)CCN(C(C)=O)c1ccc(C(=O)OC)cc1. The molecule has 0 aliphatic heterocycles. The van der Waals surface area contributed by atoms with Crippen LogP contribution in [0.5, 0.6) is 0 Å². The van der Waals surface area contributed by atoms with E-state index >= 15 is 0 Å². The summed E-state index contributed by atoms with van der Waals surface area (Å²) >= 11 is 0. The highest BCUT2D eigenvalue weighted by Crippen LogP contribution is 2.16. The number of amides is 2. The first-order chi connectivity index (χ1) is 11.5. The molecule has 1 N–H and O–H groups in total. The Hall–Kier alpha value is -2.37. The second-order valence-corrected chi connectivity index (χ2v) is 5.52. The lowest BCUT2D eigenvalue weighted by Gasteiger charge is -2.21. The van der Waals surface area contributed by atoms with E-state index in [9.17, 15) is 14.4 Å². The van der Waals surface area contributed by atoms with Gasteiger partial charge in [-0.05, 0) is 30.7 Å². The summed E-state index contributed by atoms with van der Waals surface area (Å²) in [7, 11) is 1.32. The molecule has 0 bridgehead atoms. The fraction of sp³-hybridized carbons (Fsp3) is 0.500. The topological polar surface area (TPSA) is 75.7 Å². The third-order valence-electron chi connectivity index (χ3n) is 3.65. The number of hydrogen-bond donors (Lipinski definition) is 1. The Labute approximate surface area is 143 Å². The Kier molecular flexibility index (Phi) is 8.54. The zero-order valence-electron chi connectivity index (χ0n) is 14.6. The second-order valence-electron chi connectivity index (χ2n) is 5.52. The number of methoxy groups -OCH3 is 1. The Morgan fingerprint density at radius 1 is 1.12 bits per heavy atom. The molecule has 0 aliphatic carbocycles. The summed E-state index contributed by atoms with van der Waals surface area (Å²) in [6.07, 6.45) is 3.40. The number of esters is 1. The Morgan fingerprint density at radius 3 is 2.33 bits per heavy atom. The molecule has 0 atom stereocenters. The number of benzene rings is 1. The lowest BCUT2D eigenvalue weighted by atomic mass is 10.2. The van der Waals surface area contributed by atoms with Gasteiger partial charge in [-0.15, -0.1) is 0 Å². The van der Waals surface area contributed by atoms with E-state index in [1.54, 1.807) is 24.3 Å². The molecule has 0 aromatic heterocycles. The average molecular weight is 334 g/mol. The molecule has 132 valence electrons. The van der Waals surface area contributed by atoms with Crippen molar-refractivity contribution >= 4 is 23.5 Å². The third-order valence-corrected chi connectivity index (χ3v) is 3.65. The number of rotatable bonds is 9. The Bertz CT molecular complexity index is 555. The van der Waals surface area contributed by atoms with Crippen molar-refractivity contribution in [2.45, 2.75) is 39.5 Å². The zero-order valence-corrected chi connectivity index (χ0v) is 14.6. The first kappa shape index (κ1) is 19.7. The molecule has 0 spiro atoms. The molecule has 0 unspecified atom stereocenters. The first-order valence-electron chi connectivity index (χ1n) is 8.22. The molecule has 0 saturated heterocycles. The zero-order chi connectivity index (χ0) is 17.9. The largest absolute Gasteiger partial charge is 0.465 e. The van der Waals surface area contributed by atoms with Crippen LogP contribution >= 0.6 is 0 Å². The van der Waals surface area contributed by atoms with Crippen LogP contribution in [0.15, 0.2) is 24.3 Å². The van der Waals surface area contributed by atoms with Crippen molar-refractivity contribution in [3.05, 3.63) is 29.8 Å². The van der Waals surface area contributed by atoms with Crippen molar-refractivity contribution in [2.75, 3.05) is 25.1 Å². The van der Waals surface area contributed by atoms with E-state index in [0.29, 0.717) is 24.3 Å².